The van der Waals surface area contributed by atoms with Gasteiger partial charge in [0, 0.05) is 24.6 Å². The number of hydrogen-bond donors (Lipinski definition) is 1. The van der Waals surface area contributed by atoms with Gasteiger partial charge in [-0.2, -0.15) is 0 Å². The van der Waals surface area contributed by atoms with E-state index in [2.05, 4.69) is 17.1 Å². The summed E-state index contributed by atoms with van der Waals surface area (Å²) in [4.78, 5) is 15.2. The van der Waals surface area contributed by atoms with Crippen molar-refractivity contribution in [2.45, 2.75) is 25.9 Å². The lowest BCUT2D eigenvalue weighted by Crippen LogP contribution is -2.37. The summed E-state index contributed by atoms with van der Waals surface area (Å²) in [6, 6.07) is 11.3. The van der Waals surface area contributed by atoms with Crippen LogP contribution in [0.5, 0.6) is 5.75 Å². The molecule has 27 heavy (non-hydrogen) atoms. The molecule has 0 aromatic heterocycles. The molecule has 1 N–H and O–H groups in total. The van der Waals surface area contributed by atoms with Crippen LogP contribution in [-0.4, -0.2) is 38.3 Å². The molecule has 1 fully saturated rings. The van der Waals surface area contributed by atoms with Gasteiger partial charge < -0.3 is 19.7 Å². The summed E-state index contributed by atoms with van der Waals surface area (Å²) < 4.78 is 11.4. The molecule has 5 nitrogen and oxygen atoms in total. The number of fused-ring (bicyclic) bond motifs is 1. The second-order valence-electron chi connectivity index (χ2n) is 7.03. The minimum absolute atomic E-state index is 0.0593. The van der Waals surface area contributed by atoms with Gasteiger partial charge in [0.2, 0.25) is 0 Å². The molecule has 6 heteroatoms. The van der Waals surface area contributed by atoms with Crippen molar-refractivity contribution in [2.24, 2.45) is 0 Å². The molecule has 0 spiro atoms. The number of halogens is 1. The van der Waals surface area contributed by atoms with Gasteiger partial charge >= 0.3 is 0 Å². The third-order valence-electron chi connectivity index (χ3n) is 5.35. The van der Waals surface area contributed by atoms with Crippen LogP contribution in [0.15, 0.2) is 36.4 Å². The van der Waals surface area contributed by atoms with E-state index in [1.54, 1.807) is 6.07 Å². The van der Waals surface area contributed by atoms with Crippen molar-refractivity contribution >= 4 is 28.9 Å². The Morgan fingerprint density at radius 3 is 2.67 bits per heavy atom. The normalized spacial score (nSPS) is 21.5. The Hall–Kier alpha value is -2.24. The molecule has 2 heterocycles. The summed E-state index contributed by atoms with van der Waals surface area (Å²) in [5, 5.41) is 3.66. The van der Waals surface area contributed by atoms with E-state index >= 15 is 0 Å². The standard InChI is InChI=1S/C21H23ClN2O3/c1-13-14(2)27-20-15(13)5-3-6-16(20)21(25)23-18-8-4-7-17(22)19(18)24-9-11-26-12-10-24/h3-8,13-14H,9-12H2,1-2H3,(H,23,25). The van der Waals surface area contributed by atoms with E-state index in [1.165, 1.54) is 0 Å². The highest BCUT2D eigenvalue weighted by Crippen LogP contribution is 2.41. The van der Waals surface area contributed by atoms with Crippen LogP contribution in [0.1, 0.15) is 35.7 Å². The van der Waals surface area contributed by atoms with E-state index < -0.39 is 0 Å². The minimum Gasteiger partial charge on any atom is -0.489 e. The van der Waals surface area contributed by atoms with Crippen LogP contribution in [0.25, 0.3) is 0 Å². The van der Waals surface area contributed by atoms with Crippen LogP contribution in [0.4, 0.5) is 11.4 Å². The fourth-order valence-electron chi connectivity index (χ4n) is 3.68. The number of amides is 1. The second kappa shape index (κ2) is 7.41. The third kappa shape index (κ3) is 3.37. The smallest absolute Gasteiger partial charge is 0.259 e. The lowest BCUT2D eigenvalue weighted by Gasteiger charge is -2.31. The second-order valence-corrected chi connectivity index (χ2v) is 7.43. The zero-order valence-corrected chi connectivity index (χ0v) is 16.3. The van der Waals surface area contributed by atoms with E-state index in [9.17, 15) is 4.79 Å². The van der Waals surface area contributed by atoms with Crippen LogP contribution >= 0.6 is 11.6 Å². The Morgan fingerprint density at radius 1 is 1.15 bits per heavy atom. The highest BCUT2D eigenvalue weighted by atomic mass is 35.5. The number of carbonyl (C=O) groups is 1. The Morgan fingerprint density at radius 2 is 1.89 bits per heavy atom. The molecular weight excluding hydrogens is 364 g/mol. The molecule has 2 unspecified atom stereocenters. The molecule has 0 radical (unpaired) electrons. The average molecular weight is 387 g/mol. The number of anilines is 2. The van der Waals surface area contributed by atoms with Crippen LogP contribution in [0.3, 0.4) is 0 Å². The summed E-state index contributed by atoms with van der Waals surface area (Å²) in [7, 11) is 0. The molecule has 2 aromatic carbocycles. The zero-order chi connectivity index (χ0) is 19.0. The molecule has 0 bridgehead atoms. The molecule has 2 aliphatic heterocycles. The number of para-hydroxylation sites is 2. The third-order valence-corrected chi connectivity index (χ3v) is 5.66. The number of carbonyl (C=O) groups excluding carboxylic acids is 1. The van der Waals surface area contributed by atoms with E-state index in [-0.39, 0.29) is 17.9 Å². The lowest BCUT2D eigenvalue weighted by atomic mass is 9.97. The quantitative estimate of drug-likeness (QED) is 0.853. The maximum Gasteiger partial charge on any atom is 0.259 e. The van der Waals surface area contributed by atoms with Crippen molar-refractivity contribution < 1.29 is 14.3 Å². The van der Waals surface area contributed by atoms with Gasteiger partial charge in [0.25, 0.3) is 5.91 Å². The first-order valence-corrected chi connectivity index (χ1v) is 9.66. The highest BCUT2D eigenvalue weighted by molar-refractivity contribution is 6.34. The summed E-state index contributed by atoms with van der Waals surface area (Å²) in [6.45, 7) is 6.92. The maximum absolute atomic E-state index is 13.1. The van der Waals surface area contributed by atoms with Crippen molar-refractivity contribution in [2.75, 3.05) is 36.5 Å². The first kappa shape index (κ1) is 18.1. The average Bonchev–Trinajstić information content (AvgIpc) is 2.97. The Kier molecular flexibility index (Phi) is 4.98. The number of ether oxygens (including phenoxy) is 2. The van der Waals surface area contributed by atoms with Gasteiger partial charge in [-0.15, -0.1) is 0 Å². The number of hydrogen-bond acceptors (Lipinski definition) is 4. The number of morpholine rings is 1. The largest absolute Gasteiger partial charge is 0.489 e. The van der Waals surface area contributed by atoms with Gasteiger partial charge in [0.15, 0.2) is 0 Å². The van der Waals surface area contributed by atoms with Gasteiger partial charge in [-0.25, -0.2) is 0 Å². The predicted molar refractivity (Wildman–Crippen MR) is 107 cm³/mol. The van der Waals surface area contributed by atoms with Crippen LogP contribution in [0.2, 0.25) is 5.02 Å². The van der Waals surface area contributed by atoms with Crippen molar-refractivity contribution in [1.29, 1.82) is 0 Å². The molecule has 0 aliphatic carbocycles. The van der Waals surface area contributed by atoms with Gasteiger partial charge in [-0.05, 0) is 25.1 Å². The molecular formula is C21H23ClN2O3. The highest BCUT2D eigenvalue weighted by Gasteiger charge is 2.31. The fraction of sp³-hybridized carbons (Fsp3) is 0.381. The molecule has 1 amide bonds. The van der Waals surface area contributed by atoms with Gasteiger partial charge in [-0.3, -0.25) is 4.79 Å². The molecule has 1 saturated heterocycles. The molecule has 142 valence electrons. The van der Waals surface area contributed by atoms with E-state index in [0.717, 1.165) is 24.3 Å². The molecule has 2 aliphatic rings. The van der Waals surface area contributed by atoms with E-state index in [4.69, 9.17) is 21.1 Å². The molecule has 4 rings (SSSR count). The summed E-state index contributed by atoms with van der Waals surface area (Å²) in [5.74, 6) is 0.762. The van der Waals surface area contributed by atoms with E-state index in [1.807, 2.05) is 37.3 Å². The van der Waals surface area contributed by atoms with Crippen molar-refractivity contribution in [3.63, 3.8) is 0 Å². The van der Waals surface area contributed by atoms with E-state index in [0.29, 0.717) is 35.2 Å². The lowest BCUT2D eigenvalue weighted by molar-refractivity contribution is 0.102. The summed E-state index contributed by atoms with van der Waals surface area (Å²) in [5.41, 5.74) is 3.17. The predicted octanol–water partition coefficient (Wildman–Crippen LogP) is 4.31. The van der Waals surface area contributed by atoms with Crippen molar-refractivity contribution in [3.05, 3.63) is 52.5 Å². The number of nitrogens with one attached hydrogen (secondary N) is 1. The van der Waals surface area contributed by atoms with Gasteiger partial charge in [-0.1, -0.05) is 36.7 Å². The van der Waals surface area contributed by atoms with Crippen LogP contribution in [0, 0.1) is 0 Å². The number of nitrogens with zero attached hydrogens (tertiary/aromatic N) is 1. The monoisotopic (exact) mass is 386 g/mol. The molecule has 2 atom stereocenters. The van der Waals surface area contributed by atoms with Crippen molar-refractivity contribution in [3.8, 4) is 5.75 Å². The fourth-order valence-corrected chi connectivity index (χ4v) is 3.97. The van der Waals surface area contributed by atoms with Gasteiger partial charge in [0.1, 0.15) is 11.9 Å². The number of benzene rings is 2. The summed E-state index contributed by atoms with van der Waals surface area (Å²) in [6.07, 6.45) is 0.0593. The SMILES string of the molecule is CC1Oc2c(C(=O)Nc3cccc(Cl)c3N3CCOCC3)cccc2C1C. The summed E-state index contributed by atoms with van der Waals surface area (Å²) >= 11 is 6.47. The van der Waals surface area contributed by atoms with Crippen LogP contribution < -0.4 is 15.0 Å². The first-order chi connectivity index (χ1) is 13.1. The van der Waals surface area contributed by atoms with Gasteiger partial charge in [0.05, 0.1) is 35.2 Å². The molecule has 0 saturated carbocycles. The first-order valence-electron chi connectivity index (χ1n) is 9.28. The maximum atomic E-state index is 13.1. The molecule has 2 aromatic rings. The van der Waals surface area contributed by atoms with Crippen molar-refractivity contribution in [1.82, 2.24) is 0 Å². The minimum atomic E-state index is -0.190. The Labute approximate surface area is 164 Å². The number of rotatable bonds is 3. The Balaban J connectivity index is 1.64. The van der Waals surface area contributed by atoms with Crippen LogP contribution in [-0.2, 0) is 4.74 Å². The zero-order valence-electron chi connectivity index (χ0n) is 15.5. The Bertz CT molecular complexity index is 865. The topological polar surface area (TPSA) is 50.8 Å².